The fourth-order valence-electron chi connectivity index (χ4n) is 3.38. The van der Waals surface area contributed by atoms with Gasteiger partial charge in [-0.05, 0) is 61.0 Å². The van der Waals surface area contributed by atoms with Gasteiger partial charge in [0.15, 0.2) is 11.5 Å². The lowest BCUT2D eigenvalue weighted by atomic mass is 10.1. The summed E-state index contributed by atoms with van der Waals surface area (Å²) in [5, 5.41) is 5.65. The Bertz CT molecular complexity index is 1230. The molecule has 0 aromatic heterocycles. The van der Waals surface area contributed by atoms with Crippen molar-refractivity contribution >= 4 is 23.7 Å². The van der Waals surface area contributed by atoms with Gasteiger partial charge < -0.3 is 34.3 Å². The summed E-state index contributed by atoms with van der Waals surface area (Å²) in [5.74, 6) is 0.707. The molecule has 0 fully saturated rings. The van der Waals surface area contributed by atoms with E-state index in [1.165, 1.54) is 45.6 Å². The molecular formula is C27H28N2O8. The van der Waals surface area contributed by atoms with Crippen molar-refractivity contribution in [1.29, 1.82) is 0 Å². The summed E-state index contributed by atoms with van der Waals surface area (Å²) in [4.78, 5) is 36.8. The number of hydrogen-bond acceptors (Lipinski definition) is 8. The van der Waals surface area contributed by atoms with E-state index in [0.717, 1.165) is 5.56 Å². The fourth-order valence-corrected chi connectivity index (χ4v) is 3.38. The molecule has 0 radical (unpaired) electrons. The monoisotopic (exact) mass is 508 g/mol. The van der Waals surface area contributed by atoms with Crippen molar-refractivity contribution in [2.24, 2.45) is 0 Å². The minimum atomic E-state index is -0.808. The highest BCUT2D eigenvalue weighted by atomic mass is 16.7. The third-order valence-corrected chi connectivity index (χ3v) is 5.14. The Morgan fingerprint density at radius 2 is 1.46 bits per heavy atom. The quantitative estimate of drug-likeness (QED) is 0.305. The van der Waals surface area contributed by atoms with Crippen molar-refractivity contribution in [3.8, 4) is 23.0 Å². The maximum atomic E-state index is 12.9. The van der Waals surface area contributed by atoms with Crippen LogP contribution < -0.4 is 29.6 Å². The van der Waals surface area contributed by atoms with Crippen LogP contribution in [0.4, 0.5) is 10.5 Å². The molecule has 3 rings (SSSR count). The number of carbonyl (C=O) groups is 3. The number of rotatable bonds is 10. The van der Waals surface area contributed by atoms with Crippen LogP contribution in [0, 0.1) is 0 Å². The largest absolute Gasteiger partial charge is 0.513 e. The predicted octanol–water partition coefficient (Wildman–Crippen LogP) is 4.43. The van der Waals surface area contributed by atoms with E-state index in [1.54, 1.807) is 37.3 Å². The third-order valence-electron chi connectivity index (χ3n) is 5.14. The SMILES string of the molecule is CCOC(=O)Oc1ccc(C(=O)NCc2cccc(NC(=O)c3cc(OC)c(OC)c(OC)c3)c2)cc1. The lowest BCUT2D eigenvalue weighted by Gasteiger charge is -2.14. The topological polar surface area (TPSA) is 121 Å². The number of hydrogen-bond donors (Lipinski definition) is 2. The van der Waals surface area contributed by atoms with E-state index in [9.17, 15) is 14.4 Å². The molecule has 2 N–H and O–H groups in total. The van der Waals surface area contributed by atoms with Gasteiger partial charge in [-0.1, -0.05) is 12.1 Å². The summed E-state index contributed by atoms with van der Waals surface area (Å²) in [7, 11) is 4.44. The Labute approximate surface area is 214 Å². The molecule has 0 aliphatic rings. The van der Waals surface area contributed by atoms with Gasteiger partial charge in [0, 0.05) is 23.4 Å². The second kappa shape index (κ2) is 12.8. The van der Waals surface area contributed by atoms with Crippen molar-refractivity contribution in [2.75, 3.05) is 33.3 Å². The zero-order chi connectivity index (χ0) is 26.8. The van der Waals surface area contributed by atoms with E-state index in [0.29, 0.717) is 34.1 Å². The van der Waals surface area contributed by atoms with Crippen LogP contribution in [0.2, 0.25) is 0 Å². The summed E-state index contributed by atoms with van der Waals surface area (Å²) in [6.07, 6.45) is -0.808. The predicted molar refractivity (Wildman–Crippen MR) is 136 cm³/mol. The minimum Gasteiger partial charge on any atom is -0.493 e. The van der Waals surface area contributed by atoms with Gasteiger partial charge in [0.05, 0.1) is 27.9 Å². The summed E-state index contributed by atoms with van der Waals surface area (Å²) in [6.45, 7) is 2.11. The van der Waals surface area contributed by atoms with Crippen molar-refractivity contribution < 1.29 is 38.1 Å². The second-order valence-electron chi connectivity index (χ2n) is 7.56. The highest BCUT2D eigenvalue weighted by Crippen LogP contribution is 2.38. The number of anilines is 1. The van der Waals surface area contributed by atoms with Crippen LogP contribution in [0.5, 0.6) is 23.0 Å². The van der Waals surface area contributed by atoms with Crippen LogP contribution in [-0.2, 0) is 11.3 Å². The van der Waals surface area contributed by atoms with Crippen molar-refractivity contribution in [2.45, 2.75) is 13.5 Å². The molecule has 194 valence electrons. The first-order chi connectivity index (χ1) is 17.9. The Balaban J connectivity index is 1.62. The van der Waals surface area contributed by atoms with Gasteiger partial charge in [-0.3, -0.25) is 9.59 Å². The number of ether oxygens (including phenoxy) is 5. The molecule has 3 aromatic rings. The first-order valence-corrected chi connectivity index (χ1v) is 11.3. The van der Waals surface area contributed by atoms with E-state index in [1.807, 2.05) is 6.07 Å². The van der Waals surface area contributed by atoms with Gasteiger partial charge in [-0.2, -0.15) is 0 Å². The minimum absolute atomic E-state index is 0.204. The molecule has 10 heteroatoms. The van der Waals surface area contributed by atoms with E-state index in [4.69, 9.17) is 23.7 Å². The van der Waals surface area contributed by atoms with E-state index in [2.05, 4.69) is 10.6 Å². The van der Waals surface area contributed by atoms with Crippen molar-refractivity contribution in [3.63, 3.8) is 0 Å². The molecule has 3 aromatic carbocycles. The Hall–Kier alpha value is -4.73. The second-order valence-corrected chi connectivity index (χ2v) is 7.56. The molecule has 0 unspecified atom stereocenters. The average molecular weight is 509 g/mol. The lowest BCUT2D eigenvalue weighted by Crippen LogP contribution is -2.22. The number of methoxy groups -OCH3 is 3. The molecule has 0 aliphatic heterocycles. The number of benzene rings is 3. The number of carbonyl (C=O) groups excluding carboxylic acids is 3. The molecule has 2 amide bonds. The van der Waals surface area contributed by atoms with Crippen LogP contribution in [-0.4, -0.2) is 45.9 Å². The number of amides is 2. The normalized spacial score (nSPS) is 10.2. The Kier molecular flexibility index (Phi) is 9.31. The lowest BCUT2D eigenvalue weighted by molar-refractivity contribution is 0.0950. The smallest absolute Gasteiger partial charge is 0.493 e. The zero-order valence-corrected chi connectivity index (χ0v) is 21.0. The summed E-state index contributed by atoms with van der Waals surface area (Å²) in [5.41, 5.74) is 2.04. The molecular weight excluding hydrogens is 480 g/mol. The van der Waals surface area contributed by atoms with Gasteiger partial charge in [0.2, 0.25) is 5.75 Å². The molecule has 0 aliphatic carbocycles. The molecule has 0 atom stereocenters. The molecule has 0 saturated heterocycles. The zero-order valence-electron chi connectivity index (χ0n) is 21.0. The maximum absolute atomic E-state index is 12.9. The highest BCUT2D eigenvalue weighted by molar-refractivity contribution is 6.05. The number of nitrogens with one attached hydrogen (secondary N) is 2. The summed E-state index contributed by atoms with van der Waals surface area (Å²) >= 11 is 0. The maximum Gasteiger partial charge on any atom is 0.513 e. The summed E-state index contributed by atoms with van der Waals surface area (Å²) < 4.78 is 25.6. The van der Waals surface area contributed by atoms with E-state index in [-0.39, 0.29) is 30.7 Å². The Morgan fingerprint density at radius 3 is 2.05 bits per heavy atom. The van der Waals surface area contributed by atoms with Crippen LogP contribution in [0.3, 0.4) is 0 Å². The Morgan fingerprint density at radius 1 is 0.784 bits per heavy atom. The van der Waals surface area contributed by atoms with Gasteiger partial charge in [-0.15, -0.1) is 0 Å². The molecule has 0 saturated carbocycles. The van der Waals surface area contributed by atoms with Crippen molar-refractivity contribution in [3.05, 3.63) is 77.4 Å². The first-order valence-electron chi connectivity index (χ1n) is 11.3. The third kappa shape index (κ3) is 7.14. The van der Waals surface area contributed by atoms with Crippen LogP contribution >= 0.6 is 0 Å². The van der Waals surface area contributed by atoms with Gasteiger partial charge in [0.25, 0.3) is 11.8 Å². The van der Waals surface area contributed by atoms with Crippen LogP contribution in [0.15, 0.2) is 60.7 Å². The average Bonchev–Trinajstić information content (AvgIpc) is 2.91. The molecule has 37 heavy (non-hydrogen) atoms. The molecule has 0 spiro atoms. The molecule has 0 bridgehead atoms. The van der Waals surface area contributed by atoms with Gasteiger partial charge in [-0.25, -0.2) is 4.79 Å². The van der Waals surface area contributed by atoms with Gasteiger partial charge >= 0.3 is 6.16 Å². The van der Waals surface area contributed by atoms with Crippen molar-refractivity contribution in [1.82, 2.24) is 5.32 Å². The van der Waals surface area contributed by atoms with E-state index >= 15 is 0 Å². The highest BCUT2D eigenvalue weighted by Gasteiger charge is 2.17. The molecule has 0 heterocycles. The fraction of sp³-hybridized carbons (Fsp3) is 0.222. The van der Waals surface area contributed by atoms with Crippen LogP contribution in [0.25, 0.3) is 0 Å². The summed E-state index contributed by atoms with van der Waals surface area (Å²) in [6, 6.07) is 16.3. The van der Waals surface area contributed by atoms with Gasteiger partial charge in [0.1, 0.15) is 5.75 Å². The first kappa shape index (κ1) is 26.9. The molecule has 10 nitrogen and oxygen atoms in total. The van der Waals surface area contributed by atoms with Crippen LogP contribution in [0.1, 0.15) is 33.2 Å². The van der Waals surface area contributed by atoms with E-state index < -0.39 is 6.16 Å². The standard InChI is InChI=1S/C27H28N2O8/c1-5-36-27(32)37-21-11-9-18(10-12-21)25(30)28-16-17-7-6-8-20(13-17)29-26(31)19-14-22(33-2)24(35-4)23(15-19)34-3/h6-15H,5,16H2,1-4H3,(H,28,30)(H,29,31).